The van der Waals surface area contributed by atoms with Gasteiger partial charge in [0.05, 0.1) is 0 Å². The Hall–Kier alpha value is -2.34. The van der Waals surface area contributed by atoms with E-state index < -0.39 is 0 Å². The molecule has 4 rings (SSSR count). The van der Waals surface area contributed by atoms with Crippen LogP contribution in [-0.2, 0) is 13.6 Å². The molecule has 0 radical (unpaired) electrons. The summed E-state index contributed by atoms with van der Waals surface area (Å²) in [7, 11) is 1.75. The van der Waals surface area contributed by atoms with Crippen molar-refractivity contribution >= 4 is 18.2 Å². The Morgan fingerprint density at radius 2 is 2.00 bits per heavy atom. The van der Waals surface area contributed by atoms with Crippen LogP contribution in [0.1, 0.15) is 13.3 Å². The Kier molecular flexibility index (Phi) is 3.85. The van der Waals surface area contributed by atoms with E-state index in [-0.39, 0.29) is 24.1 Å². The highest BCUT2D eigenvalue weighted by molar-refractivity contribution is 5.85. The third-order valence-corrected chi connectivity index (χ3v) is 4.24. The number of benzene rings is 1. The van der Waals surface area contributed by atoms with Crippen LogP contribution in [0.5, 0.6) is 0 Å². The molecular weight excluding hydrogens is 314 g/mol. The third-order valence-electron chi connectivity index (χ3n) is 4.24. The number of aromatic nitrogens is 4. The summed E-state index contributed by atoms with van der Waals surface area (Å²) in [6.07, 6.45) is 0.964. The molecule has 3 heterocycles. The molecule has 1 aromatic carbocycles. The van der Waals surface area contributed by atoms with Crippen molar-refractivity contribution in [1.82, 2.24) is 19.1 Å². The monoisotopic (exact) mass is 331 g/mol. The van der Waals surface area contributed by atoms with Gasteiger partial charge in [-0.3, -0.25) is 9.13 Å². The molecule has 0 aromatic heterocycles. The minimum Gasteiger partial charge on any atom is -0.365 e. The Bertz CT molecular complexity index is 870. The predicted octanol–water partition coefficient (Wildman–Crippen LogP) is 2.37. The van der Waals surface area contributed by atoms with Gasteiger partial charge in [-0.05, 0) is 6.42 Å². The van der Waals surface area contributed by atoms with E-state index in [4.69, 9.17) is 0 Å². The first-order chi connectivity index (χ1) is 10.7. The highest BCUT2D eigenvalue weighted by atomic mass is 35.5. The van der Waals surface area contributed by atoms with Gasteiger partial charge in [0.25, 0.3) is 0 Å². The SMILES string of the molecule is CCC1Cn2c(c3nc(-c4ccccc4)nc-3n(C)c2=O)N1.Cl. The molecule has 1 N–H and O–H groups in total. The van der Waals surface area contributed by atoms with Crippen LogP contribution in [0.15, 0.2) is 35.1 Å². The van der Waals surface area contributed by atoms with Gasteiger partial charge in [-0.25, -0.2) is 14.8 Å². The lowest BCUT2D eigenvalue weighted by Crippen LogP contribution is -2.30. The summed E-state index contributed by atoms with van der Waals surface area (Å²) in [6.45, 7) is 2.79. The number of nitrogens with one attached hydrogen (secondary N) is 1. The summed E-state index contributed by atoms with van der Waals surface area (Å²) in [5.74, 6) is 2.07. The number of halogens is 1. The fraction of sp³-hybridized carbons (Fsp3) is 0.312. The summed E-state index contributed by atoms with van der Waals surface area (Å²) >= 11 is 0. The largest absolute Gasteiger partial charge is 0.365 e. The van der Waals surface area contributed by atoms with Crippen LogP contribution in [0.4, 0.5) is 5.82 Å². The van der Waals surface area contributed by atoms with Gasteiger partial charge in [-0.2, -0.15) is 0 Å². The van der Waals surface area contributed by atoms with Crippen molar-refractivity contribution in [3.63, 3.8) is 0 Å². The molecule has 0 amide bonds. The Morgan fingerprint density at radius 1 is 1.26 bits per heavy atom. The molecule has 3 aliphatic heterocycles. The number of fused-ring (bicyclic) bond motifs is 3. The maximum atomic E-state index is 12.5. The number of hydrogen-bond acceptors (Lipinski definition) is 4. The molecule has 0 saturated carbocycles. The molecule has 120 valence electrons. The highest BCUT2D eigenvalue weighted by Crippen LogP contribution is 2.32. The molecule has 0 bridgehead atoms. The van der Waals surface area contributed by atoms with E-state index in [2.05, 4.69) is 22.2 Å². The molecule has 0 saturated heterocycles. The molecule has 6 nitrogen and oxygen atoms in total. The van der Waals surface area contributed by atoms with Crippen molar-refractivity contribution in [3.05, 3.63) is 40.8 Å². The zero-order valence-corrected chi connectivity index (χ0v) is 13.8. The van der Waals surface area contributed by atoms with E-state index in [0.717, 1.165) is 23.5 Å². The van der Waals surface area contributed by atoms with Crippen LogP contribution >= 0.6 is 12.4 Å². The molecular formula is C16H18ClN5O. The van der Waals surface area contributed by atoms with Crippen LogP contribution < -0.4 is 11.0 Å². The second-order valence-electron chi connectivity index (χ2n) is 5.64. The fourth-order valence-corrected chi connectivity index (χ4v) is 2.94. The lowest BCUT2D eigenvalue weighted by Gasteiger charge is -2.10. The standard InChI is InChI=1S/C16H17N5O.ClH/c1-3-11-9-21-15(17-11)12-14(20(2)16(21)22)19-13(18-12)10-7-5-4-6-8-10;/h4-8,11,17H,3,9H2,1-2H3;1H. The Morgan fingerprint density at radius 3 is 2.70 bits per heavy atom. The van der Waals surface area contributed by atoms with Gasteiger partial charge in [-0.15, -0.1) is 12.4 Å². The zero-order valence-electron chi connectivity index (χ0n) is 13.0. The van der Waals surface area contributed by atoms with Crippen LogP contribution in [0.25, 0.3) is 22.9 Å². The molecule has 0 aliphatic carbocycles. The number of rotatable bonds is 2. The minimum absolute atomic E-state index is 0. The quantitative estimate of drug-likeness (QED) is 0.783. The topological polar surface area (TPSA) is 64.7 Å². The number of imidazole rings is 1. The van der Waals surface area contributed by atoms with Gasteiger partial charge in [0.15, 0.2) is 11.6 Å². The smallest absolute Gasteiger partial charge is 0.331 e. The number of nitrogens with zero attached hydrogens (tertiary/aromatic N) is 4. The summed E-state index contributed by atoms with van der Waals surface area (Å²) in [6, 6.07) is 10.1. The van der Waals surface area contributed by atoms with Crippen molar-refractivity contribution in [3.8, 4) is 22.9 Å². The lowest BCUT2D eigenvalue weighted by atomic mass is 10.2. The Balaban J connectivity index is 0.00000156. The van der Waals surface area contributed by atoms with Crippen LogP contribution in [0.2, 0.25) is 0 Å². The van der Waals surface area contributed by atoms with E-state index in [0.29, 0.717) is 18.2 Å². The summed E-state index contributed by atoms with van der Waals surface area (Å²) in [5.41, 5.74) is 1.66. The van der Waals surface area contributed by atoms with Gasteiger partial charge in [0, 0.05) is 25.2 Å². The molecule has 7 heteroatoms. The lowest BCUT2D eigenvalue weighted by molar-refractivity contribution is 0.590. The first kappa shape index (κ1) is 15.6. The molecule has 23 heavy (non-hydrogen) atoms. The van der Waals surface area contributed by atoms with E-state index in [1.54, 1.807) is 16.2 Å². The van der Waals surface area contributed by atoms with Crippen molar-refractivity contribution in [1.29, 1.82) is 0 Å². The average molecular weight is 332 g/mol. The van der Waals surface area contributed by atoms with Crippen LogP contribution in [0.3, 0.4) is 0 Å². The van der Waals surface area contributed by atoms with E-state index in [9.17, 15) is 4.79 Å². The molecule has 1 unspecified atom stereocenters. The van der Waals surface area contributed by atoms with Gasteiger partial charge < -0.3 is 5.32 Å². The van der Waals surface area contributed by atoms with E-state index in [1.165, 1.54) is 0 Å². The molecule has 0 fully saturated rings. The number of anilines is 1. The van der Waals surface area contributed by atoms with E-state index in [1.807, 2.05) is 30.3 Å². The van der Waals surface area contributed by atoms with Gasteiger partial charge in [-0.1, -0.05) is 37.3 Å². The third kappa shape index (κ3) is 2.30. The summed E-state index contributed by atoms with van der Waals surface area (Å²) in [4.78, 5) is 21.7. The normalized spacial score (nSPS) is 16.0. The first-order valence-corrected chi connectivity index (χ1v) is 7.48. The minimum atomic E-state index is -0.0505. The fourth-order valence-electron chi connectivity index (χ4n) is 2.94. The maximum absolute atomic E-state index is 12.5. The second kappa shape index (κ2) is 5.70. The first-order valence-electron chi connectivity index (χ1n) is 7.48. The van der Waals surface area contributed by atoms with Crippen molar-refractivity contribution in [2.45, 2.75) is 25.9 Å². The van der Waals surface area contributed by atoms with Gasteiger partial charge in [0.2, 0.25) is 0 Å². The van der Waals surface area contributed by atoms with Crippen molar-refractivity contribution in [2.75, 3.05) is 5.32 Å². The van der Waals surface area contributed by atoms with Crippen molar-refractivity contribution < 1.29 is 0 Å². The van der Waals surface area contributed by atoms with Gasteiger partial charge in [0.1, 0.15) is 11.5 Å². The van der Waals surface area contributed by atoms with Crippen LogP contribution in [-0.4, -0.2) is 25.1 Å². The molecule has 1 atom stereocenters. The van der Waals surface area contributed by atoms with Crippen LogP contribution in [0, 0.1) is 0 Å². The summed E-state index contributed by atoms with van der Waals surface area (Å²) < 4.78 is 3.35. The van der Waals surface area contributed by atoms with E-state index >= 15 is 0 Å². The number of hydrogen-bond donors (Lipinski definition) is 1. The molecule has 3 aliphatic rings. The zero-order chi connectivity index (χ0) is 15.3. The highest BCUT2D eigenvalue weighted by Gasteiger charge is 2.30. The molecule has 0 spiro atoms. The Labute approximate surface area is 139 Å². The average Bonchev–Trinajstić information content (AvgIpc) is 3.17. The molecule has 1 aromatic rings. The maximum Gasteiger partial charge on any atom is 0.331 e. The summed E-state index contributed by atoms with van der Waals surface area (Å²) in [5, 5.41) is 3.41. The van der Waals surface area contributed by atoms with Crippen molar-refractivity contribution in [2.24, 2.45) is 7.05 Å². The predicted molar refractivity (Wildman–Crippen MR) is 92.3 cm³/mol. The van der Waals surface area contributed by atoms with Gasteiger partial charge >= 0.3 is 5.69 Å². The second-order valence-corrected chi connectivity index (χ2v) is 5.64.